The van der Waals surface area contributed by atoms with E-state index >= 15 is 0 Å². The molecule has 8 atom stereocenters. The van der Waals surface area contributed by atoms with Crippen molar-refractivity contribution in [3.8, 4) is 0 Å². The Hall–Kier alpha value is 4.78. The predicted molar refractivity (Wildman–Crippen MR) is 402 cm³/mol. The minimum atomic E-state index is -0.668. The fourth-order valence-corrected chi connectivity index (χ4v) is 15.9. The normalized spacial score (nSPS) is 15.8. The average molecular weight is 2630 g/mol. The van der Waals surface area contributed by atoms with Crippen LogP contribution < -0.4 is 250 Å². The Labute approximate surface area is 822 Å². The molecular formula is C77H170I10N12O6. The number of halogens is 10. The SMILES string of the molecule is CCC[N+](C)(CCC)CC[N+](C)(CCC)CC[N+](C)(CCC)CC[N+](C)(CCC)CC[N+](C)(CCC)CCNC(=O)CCCOC(=O)CC(=O)OCCCC(=O)NCC[N+](C)(CCC)CC[N+](C)(CCC)CC[N+](C)(CCC)CC[N+](C)(CCC)CC[N+](C)(CCC)CCC.[I-].[I-].[I-].[I-].[I-].[I-].[I-].[I-].[I-].[I-]. The van der Waals surface area contributed by atoms with Gasteiger partial charge in [-0.15, -0.1) is 0 Å². The fraction of sp³-hybridized carbons (Fsp3) is 0.948. The van der Waals surface area contributed by atoms with Crippen molar-refractivity contribution in [2.45, 2.75) is 192 Å². The summed E-state index contributed by atoms with van der Waals surface area (Å²) in [5.74, 6) is -1.44. The summed E-state index contributed by atoms with van der Waals surface area (Å²) in [5, 5.41) is 6.31. The molecule has 2 N–H and O–H groups in total. The Morgan fingerprint density at radius 2 is 0.352 bits per heavy atom. The molecule has 0 aliphatic heterocycles. The van der Waals surface area contributed by atoms with Gasteiger partial charge in [0.2, 0.25) is 11.8 Å². The van der Waals surface area contributed by atoms with Gasteiger partial charge in [-0.05, 0) is 89.9 Å². The molecule has 0 fully saturated rings. The number of ether oxygens (including phenoxy) is 2. The first-order chi connectivity index (χ1) is 44.7. The maximum absolute atomic E-state index is 13.0. The third kappa shape index (κ3) is 62.6. The van der Waals surface area contributed by atoms with Crippen LogP contribution in [-0.4, -0.2) is 362 Å². The van der Waals surface area contributed by atoms with Crippen LogP contribution in [-0.2, 0) is 28.7 Å². The number of carbonyl (C=O) groups is 4. The zero-order valence-electron chi connectivity index (χ0n) is 71.8. The molecule has 0 radical (unpaired) electrons. The molecule has 0 bridgehead atoms. The van der Waals surface area contributed by atoms with Gasteiger partial charge < -0.3 is 305 Å². The van der Waals surface area contributed by atoms with Crippen molar-refractivity contribution in [3.63, 3.8) is 0 Å². The van der Waals surface area contributed by atoms with Crippen molar-refractivity contribution in [1.82, 2.24) is 10.6 Å². The lowest BCUT2D eigenvalue weighted by atomic mass is 10.2. The van der Waals surface area contributed by atoms with E-state index in [9.17, 15) is 19.2 Å². The van der Waals surface area contributed by atoms with Gasteiger partial charge in [-0.1, -0.05) is 83.1 Å². The number of quaternary nitrogens is 10. The van der Waals surface area contributed by atoms with Gasteiger partial charge in [0, 0.05) is 12.8 Å². The van der Waals surface area contributed by atoms with Gasteiger partial charge in [-0.3, -0.25) is 19.2 Å². The van der Waals surface area contributed by atoms with Crippen molar-refractivity contribution >= 4 is 23.8 Å². The lowest BCUT2D eigenvalue weighted by Crippen LogP contribution is -3.00. The van der Waals surface area contributed by atoms with E-state index in [1.807, 2.05) is 0 Å². The lowest BCUT2D eigenvalue weighted by Gasteiger charge is -2.44. The van der Waals surface area contributed by atoms with Crippen LogP contribution >= 0.6 is 0 Å². The van der Waals surface area contributed by atoms with Crippen molar-refractivity contribution in [2.24, 2.45) is 0 Å². The Bertz CT molecular complexity index is 1940. The van der Waals surface area contributed by atoms with Crippen LogP contribution in [0, 0.1) is 0 Å². The van der Waals surface area contributed by atoms with Crippen LogP contribution in [0.25, 0.3) is 0 Å². The quantitative estimate of drug-likeness (QED) is 0.0206. The van der Waals surface area contributed by atoms with Gasteiger partial charge in [0.25, 0.3) is 0 Å². The van der Waals surface area contributed by atoms with Crippen LogP contribution in [0.3, 0.4) is 0 Å². The van der Waals surface area contributed by atoms with Crippen LogP contribution in [0.5, 0.6) is 0 Å². The van der Waals surface area contributed by atoms with Gasteiger partial charge in [0.15, 0.2) is 0 Å². The molecule has 0 aliphatic carbocycles. The summed E-state index contributed by atoms with van der Waals surface area (Å²) >= 11 is 0. The summed E-state index contributed by atoms with van der Waals surface area (Å²) in [5.41, 5.74) is 0. The highest BCUT2D eigenvalue weighted by atomic mass is 127. The zero-order chi connectivity index (χ0) is 72.2. The molecular weight excluding hydrogens is 2460 g/mol. The topological polar surface area (TPSA) is 111 Å². The summed E-state index contributed by atoms with van der Waals surface area (Å²) in [6.45, 7) is 64.6. The van der Waals surface area contributed by atoms with E-state index < -0.39 is 18.4 Å². The van der Waals surface area contributed by atoms with Crippen LogP contribution in [0.15, 0.2) is 0 Å². The monoisotopic (exact) mass is 2630 g/mol. The maximum Gasteiger partial charge on any atom is 0.317 e. The van der Waals surface area contributed by atoms with Crippen LogP contribution in [0.1, 0.15) is 192 Å². The van der Waals surface area contributed by atoms with Crippen LogP contribution in [0.4, 0.5) is 0 Å². The molecule has 0 aromatic rings. The second-order valence-electron chi connectivity index (χ2n) is 33.4. The summed E-state index contributed by atoms with van der Waals surface area (Å²) in [7, 11) is 24.8. The van der Waals surface area contributed by atoms with Gasteiger partial charge in [0.05, 0.1) is 188 Å². The standard InChI is InChI=1S/C77H168N12O6.10HI/c1-23-41-80(13,42-24-2)55-59-84(17,47-29-7)63-67-88(21,51-33-11)69-65-86(19,49-31-9)61-57-82(15,45-27-5)53-39-78-74(90)37-35-71-94-76(92)73-77(93)95-72-36-38-75(91)79-40-54-83(16,46-28-6)58-62-87(20,50-32-10)66-70-89(22,52-34-12)68-64-85(18,48-30-8)60-56-81(14,43-25-3)44-26-4;;;;;;;;;;/h23-73H2,1-22H3;10*1H/q+8;;;;;;;;;;/p-8. The molecule has 0 aromatic heterocycles. The molecule has 105 heavy (non-hydrogen) atoms. The molecule has 0 rings (SSSR count). The number of likely N-dealkylation sites (N-methyl/N-ethyl adjacent to an activating group) is 10. The second kappa shape index (κ2) is 72.8. The number of nitrogens with one attached hydrogen (secondary N) is 2. The molecule has 18 nitrogen and oxygen atoms in total. The van der Waals surface area contributed by atoms with Gasteiger partial charge in [0.1, 0.15) is 111 Å². The Balaban J connectivity index is -0.000000982. The number of carbonyl (C=O) groups excluding carboxylic acids is 4. The first-order valence-electron chi connectivity index (χ1n) is 39.9. The van der Waals surface area contributed by atoms with E-state index in [0.717, 1.165) is 105 Å². The molecule has 0 saturated carbocycles. The molecule has 644 valence electrons. The number of rotatable bonds is 64. The predicted octanol–water partition coefficient (Wildman–Crippen LogP) is -20.3. The molecule has 0 spiro atoms. The highest BCUT2D eigenvalue weighted by Gasteiger charge is 2.38. The van der Waals surface area contributed by atoms with E-state index in [1.165, 1.54) is 213 Å². The second-order valence-corrected chi connectivity index (χ2v) is 33.4. The highest BCUT2D eigenvalue weighted by Crippen LogP contribution is 2.20. The Morgan fingerprint density at radius 1 is 0.219 bits per heavy atom. The number of esters is 2. The molecule has 0 heterocycles. The molecule has 0 aliphatic rings. The molecule has 2 amide bonds. The number of hydrogen-bond donors (Lipinski definition) is 2. The Morgan fingerprint density at radius 3 is 0.495 bits per heavy atom. The third-order valence-electron chi connectivity index (χ3n) is 22.5. The number of nitrogens with zero attached hydrogens (tertiary/aromatic N) is 10. The summed E-state index contributed by atoms with van der Waals surface area (Å²) in [4.78, 5) is 51.2. The largest absolute Gasteiger partial charge is 1.00 e. The minimum Gasteiger partial charge on any atom is -1.00 e. The van der Waals surface area contributed by atoms with E-state index in [2.05, 4.69) is 164 Å². The van der Waals surface area contributed by atoms with Crippen molar-refractivity contribution in [1.29, 1.82) is 0 Å². The number of amides is 2. The van der Waals surface area contributed by atoms with Crippen molar-refractivity contribution < 1.29 is 313 Å². The highest BCUT2D eigenvalue weighted by molar-refractivity contribution is 5.91. The van der Waals surface area contributed by atoms with E-state index in [-0.39, 0.29) is 278 Å². The van der Waals surface area contributed by atoms with Crippen molar-refractivity contribution in [2.75, 3.05) is 293 Å². The van der Waals surface area contributed by atoms with Crippen molar-refractivity contribution in [3.05, 3.63) is 0 Å². The molecule has 8 unspecified atom stereocenters. The minimum absolute atomic E-state index is 0. The first-order valence-corrected chi connectivity index (χ1v) is 39.9. The first kappa shape index (κ1) is 133. The van der Waals surface area contributed by atoms with Gasteiger partial charge in [-0.25, -0.2) is 0 Å². The summed E-state index contributed by atoms with van der Waals surface area (Å²) in [6.07, 6.45) is 15.1. The van der Waals surface area contributed by atoms with Crippen LogP contribution in [0.2, 0.25) is 0 Å². The van der Waals surface area contributed by atoms with Gasteiger partial charge in [-0.2, -0.15) is 0 Å². The zero-order valence-corrected chi connectivity index (χ0v) is 93.3. The average Bonchev–Trinajstić information content (AvgIpc) is 0.844. The summed E-state index contributed by atoms with van der Waals surface area (Å²) < 4.78 is 21.7. The molecule has 0 aromatic carbocycles. The lowest BCUT2D eigenvalue weighted by molar-refractivity contribution is -1.00. The smallest absolute Gasteiger partial charge is 0.317 e. The van der Waals surface area contributed by atoms with E-state index in [4.69, 9.17) is 9.47 Å². The summed E-state index contributed by atoms with van der Waals surface area (Å²) in [6, 6.07) is 0. The van der Waals surface area contributed by atoms with E-state index in [1.54, 1.807) is 0 Å². The number of hydrogen-bond acceptors (Lipinski definition) is 6. The molecule has 0 saturated heterocycles. The Kier molecular flexibility index (Phi) is 92.3. The fourth-order valence-electron chi connectivity index (χ4n) is 15.9. The molecule has 28 heteroatoms. The van der Waals surface area contributed by atoms with E-state index in [0.29, 0.717) is 25.9 Å². The van der Waals surface area contributed by atoms with Gasteiger partial charge >= 0.3 is 11.9 Å². The third-order valence-corrected chi connectivity index (χ3v) is 22.5. The maximum atomic E-state index is 13.0.